The van der Waals surface area contributed by atoms with Crippen molar-refractivity contribution in [3.05, 3.63) is 65.3 Å². The minimum atomic E-state index is 0.409. The van der Waals surface area contributed by atoms with Crippen LogP contribution in [0.3, 0.4) is 0 Å². The van der Waals surface area contributed by atoms with E-state index in [9.17, 15) is 0 Å². The summed E-state index contributed by atoms with van der Waals surface area (Å²) in [4.78, 5) is 11.8. The molecule has 0 spiro atoms. The van der Waals surface area contributed by atoms with Gasteiger partial charge in [0, 0.05) is 54.6 Å². The SMILES string of the molecule is Cn1cc(CN2CCCC(c3cncc(-c4cccc(Cl)c4)n3)C2)cn1. The van der Waals surface area contributed by atoms with E-state index in [1.807, 2.05) is 54.6 Å². The lowest BCUT2D eigenvalue weighted by molar-refractivity contribution is 0.198. The molecule has 1 aromatic carbocycles. The highest BCUT2D eigenvalue weighted by molar-refractivity contribution is 6.30. The molecular weight excluding hydrogens is 346 g/mol. The lowest BCUT2D eigenvalue weighted by atomic mass is 9.94. The molecule has 0 saturated carbocycles. The number of benzene rings is 1. The molecule has 3 heterocycles. The molecule has 0 radical (unpaired) electrons. The Labute approximate surface area is 158 Å². The first-order valence-electron chi connectivity index (χ1n) is 8.95. The van der Waals surface area contributed by atoms with E-state index in [1.165, 1.54) is 12.0 Å². The van der Waals surface area contributed by atoms with Crippen molar-refractivity contribution in [1.29, 1.82) is 0 Å². The summed E-state index contributed by atoms with van der Waals surface area (Å²) in [5.74, 6) is 0.409. The van der Waals surface area contributed by atoms with E-state index in [0.29, 0.717) is 5.92 Å². The first-order chi connectivity index (χ1) is 12.7. The maximum absolute atomic E-state index is 6.12. The van der Waals surface area contributed by atoms with E-state index < -0.39 is 0 Å². The van der Waals surface area contributed by atoms with Gasteiger partial charge in [0.2, 0.25) is 0 Å². The standard InChI is InChI=1S/C20H22ClN5/c1-25-12-15(9-23-25)13-26-7-3-5-17(14-26)20-11-22-10-19(24-20)16-4-2-6-18(21)8-16/h2,4,6,8-12,17H,3,5,7,13-14H2,1H3. The Bertz CT molecular complexity index is 891. The number of likely N-dealkylation sites (tertiary alicyclic amines) is 1. The maximum atomic E-state index is 6.12. The van der Waals surface area contributed by atoms with Crippen molar-refractivity contribution in [2.24, 2.45) is 7.05 Å². The first kappa shape index (κ1) is 17.2. The summed E-state index contributed by atoms with van der Waals surface area (Å²) in [5, 5.41) is 4.99. The zero-order chi connectivity index (χ0) is 17.9. The fraction of sp³-hybridized carbons (Fsp3) is 0.350. The van der Waals surface area contributed by atoms with Crippen molar-refractivity contribution in [2.45, 2.75) is 25.3 Å². The largest absolute Gasteiger partial charge is 0.298 e. The van der Waals surface area contributed by atoms with E-state index in [2.05, 4.69) is 21.2 Å². The summed E-state index contributed by atoms with van der Waals surface area (Å²) < 4.78 is 1.86. The molecule has 26 heavy (non-hydrogen) atoms. The lowest BCUT2D eigenvalue weighted by Gasteiger charge is -2.32. The quantitative estimate of drug-likeness (QED) is 0.701. The van der Waals surface area contributed by atoms with Gasteiger partial charge in [-0.25, -0.2) is 4.98 Å². The Hall–Kier alpha value is -2.24. The molecule has 134 valence electrons. The van der Waals surface area contributed by atoms with Crippen LogP contribution in [0.15, 0.2) is 49.1 Å². The van der Waals surface area contributed by atoms with Crippen molar-refractivity contribution in [3.63, 3.8) is 0 Å². The number of nitrogens with zero attached hydrogens (tertiary/aromatic N) is 5. The summed E-state index contributed by atoms with van der Waals surface area (Å²) in [6, 6.07) is 7.78. The fourth-order valence-electron chi connectivity index (χ4n) is 3.62. The minimum Gasteiger partial charge on any atom is -0.298 e. The van der Waals surface area contributed by atoms with Crippen LogP contribution in [-0.2, 0) is 13.6 Å². The smallest absolute Gasteiger partial charge is 0.0889 e. The van der Waals surface area contributed by atoms with Crippen LogP contribution < -0.4 is 0 Å². The Balaban J connectivity index is 1.50. The molecule has 6 heteroatoms. The zero-order valence-electron chi connectivity index (χ0n) is 14.8. The third kappa shape index (κ3) is 3.94. The Morgan fingerprint density at radius 3 is 2.96 bits per heavy atom. The van der Waals surface area contributed by atoms with Gasteiger partial charge in [0.15, 0.2) is 0 Å². The molecule has 4 rings (SSSR count). The summed E-state index contributed by atoms with van der Waals surface area (Å²) in [6.45, 7) is 3.06. The molecule has 0 bridgehead atoms. The van der Waals surface area contributed by atoms with Crippen molar-refractivity contribution in [3.8, 4) is 11.3 Å². The number of piperidine rings is 1. The topological polar surface area (TPSA) is 46.8 Å². The van der Waals surface area contributed by atoms with Gasteiger partial charge in [-0.05, 0) is 31.5 Å². The molecule has 0 N–H and O–H groups in total. The van der Waals surface area contributed by atoms with E-state index in [1.54, 1.807) is 0 Å². The number of aryl methyl sites for hydroxylation is 1. The van der Waals surface area contributed by atoms with Gasteiger partial charge in [-0.2, -0.15) is 5.10 Å². The first-order valence-corrected chi connectivity index (χ1v) is 9.33. The van der Waals surface area contributed by atoms with Crippen LogP contribution in [0.2, 0.25) is 5.02 Å². The fourth-order valence-corrected chi connectivity index (χ4v) is 3.81. The van der Waals surface area contributed by atoms with Crippen molar-refractivity contribution < 1.29 is 0 Å². The van der Waals surface area contributed by atoms with Gasteiger partial charge in [-0.1, -0.05) is 23.7 Å². The third-order valence-electron chi connectivity index (χ3n) is 4.86. The van der Waals surface area contributed by atoms with Gasteiger partial charge < -0.3 is 0 Å². The number of aromatic nitrogens is 4. The number of halogens is 1. The van der Waals surface area contributed by atoms with Crippen LogP contribution in [0, 0.1) is 0 Å². The predicted molar refractivity (Wildman–Crippen MR) is 103 cm³/mol. The lowest BCUT2D eigenvalue weighted by Crippen LogP contribution is -2.34. The summed E-state index contributed by atoms with van der Waals surface area (Å²) >= 11 is 6.12. The summed E-state index contributed by atoms with van der Waals surface area (Å²) in [7, 11) is 1.96. The highest BCUT2D eigenvalue weighted by Gasteiger charge is 2.23. The van der Waals surface area contributed by atoms with Crippen LogP contribution in [0.4, 0.5) is 0 Å². The molecule has 1 fully saturated rings. The normalized spacial score (nSPS) is 18.2. The number of hydrogen-bond donors (Lipinski definition) is 0. The molecule has 3 aromatic rings. The molecule has 1 aliphatic rings. The molecule has 5 nitrogen and oxygen atoms in total. The van der Waals surface area contributed by atoms with Gasteiger partial charge in [0.25, 0.3) is 0 Å². The molecule has 0 aliphatic carbocycles. The van der Waals surface area contributed by atoms with Crippen LogP contribution in [-0.4, -0.2) is 37.7 Å². The molecule has 1 aliphatic heterocycles. The molecule has 1 atom stereocenters. The molecule has 1 unspecified atom stereocenters. The second-order valence-corrected chi connectivity index (χ2v) is 7.37. The monoisotopic (exact) mass is 367 g/mol. The Morgan fingerprint density at radius 2 is 2.15 bits per heavy atom. The Kier molecular flexibility index (Phi) is 5.00. The summed E-state index contributed by atoms with van der Waals surface area (Å²) in [6.07, 6.45) is 10.1. The summed E-state index contributed by atoms with van der Waals surface area (Å²) in [5.41, 5.74) is 4.22. The second-order valence-electron chi connectivity index (χ2n) is 6.94. The van der Waals surface area contributed by atoms with E-state index >= 15 is 0 Å². The zero-order valence-corrected chi connectivity index (χ0v) is 15.6. The van der Waals surface area contributed by atoms with Crippen LogP contribution in [0.1, 0.15) is 30.0 Å². The number of rotatable bonds is 4. The van der Waals surface area contributed by atoms with Gasteiger partial charge in [-0.3, -0.25) is 14.6 Å². The van der Waals surface area contributed by atoms with Gasteiger partial charge in [0.05, 0.1) is 23.8 Å². The van der Waals surface area contributed by atoms with Gasteiger partial charge in [0.1, 0.15) is 0 Å². The average Bonchev–Trinajstić information content (AvgIpc) is 3.07. The van der Waals surface area contributed by atoms with Crippen LogP contribution in [0.5, 0.6) is 0 Å². The van der Waals surface area contributed by atoms with Crippen LogP contribution in [0.25, 0.3) is 11.3 Å². The van der Waals surface area contributed by atoms with Gasteiger partial charge >= 0.3 is 0 Å². The van der Waals surface area contributed by atoms with E-state index in [4.69, 9.17) is 16.6 Å². The van der Waals surface area contributed by atoms with E-state index in [-0.39, 0.29) is 0 Å². The van der Waals surface area contributed by atoms with E-state index in [0.717, 1.165) is 48.0 Å². The molecule has 1 saturated heterocycles. The maximum Gasteiger partial charge on any atom is 0.0889 e. The van der Waals surface area contributed by atoms with Crippen molar-refractivity contribution in [2.75, 3.05) is 13.1 Å². The Morgan fingerprint density at radius 1 is 1.23 bits per heavy atom. The molecule has 2 aromatic heterocycles. The average molecular weight is 368 g/mol. The second kappa shape index (κ2) is 7.56. The molecule has 0 amide bonds. The predicted octanol–water partition coefficient (Wildman–Crippen LogP) is 3.91. The third-order valence-corrected chi connectivity index (χ3v) is 5.10. The minimum absolute atomic E-state index is 0.409. The number of hydrogen-bond acceptors (Lipinski definition) is 4. The highest BCUT2D eigenvalue weighted by atomic mass is 35.5. The van der Waals surface area contributed by atoms with Crippen LogP contribution >= 0.6 is 11.6 Å². The van der Waals surface area contributed by atoms with Crippen molar-refractivity contribution in [1.82, 2.24) is 24.6 Å². The molecular formula is C20H22ClN5. The van der Waals surface area contributed by atoms with Gasteiger partial charge in [-0.15, -0.1) is 0 Å². The van der Waals surface area contributed by atoms with Crippen molar-refractivity contribution >= 4 is 11.6 Å². The highest BCUT2D eigenvalue weighted by Crippen LogP contribution is 2.28.